The molecule has 0 radical (unpaired) electrons. The van der Waals surface area contributed by atoms with E-state index in [1.54, 1.807) is 17.1 Å². The third-order valence-electron chi connectivity index (χ3n) is 4.69. The Kier molecular flexibility index (Phi) is 4.18. The van der Waals surface area contributed by atoms with E-state index in [0.717, 1.165) is 28.1 Å². The molecule has 0 saturated carbocycles. The number of carbonyl (C=O) groups is 2. The summed E-state index contributed by atoms with van der Waals surface area (Å²) in [7, 11) is 0. The number of carbonyl (C=O) groups excluding carboxylic acids is 2. The molecule has 4 rings (SSSR count). The zero-order valence-corrected chi connectivity index (χ0v) is 14.4. The molecule has 0 bridgehead atoms. The van der Waals surface area contributed by atoms with Crippen LogP contribution in [0, 0.1) is 6.92 Å². The molecule has 1 unspecified atom stereocenters. The van der Waals surface area contributed by atoms with Crippen LogP contribution in [0.25, 0.3) is 5.82 Å². The number of rotatable bonds is 5. The largest absolute Gasteiger partial charge is 0.295 e. The first-order valence-corrected chi connectivity index (χ1v) is 8.44. The van der Waals surface area contributed by atoms with Crippen LogP contribution in [0.15, 0.2) is 55.0 Å². The lowest BCUT2D eigenvalue weighted by Gasteiger charge is -2.22. The van der Waals surface area contributed by atoms with Crippen molar-refractivity contribution in [3.63, 3.8) is 0 Å². The van der Waals surface area contributed by atoms with E-state index < -0.39 is 11.8 Å². The van der Waals surface area contributed by atoms with E-state index in [-0.39, 0.29) is 0 Å². The number of Topliss-reactive ketones (excluding diaryl/α,β-unsaturated/α-hetero) is 1. The summed E-state index contributed by atoms with van der Waals surface area (Å²) in [6.45, 7) is 3.17. The molecule has 0 saturated heterocycles. The lowest BCUT2D eigenvalue weighted by atomic mass is 10.0. The number of nitrogens with zero attached hydrogens (tertiary/aromatic N) is 4. The van der Waals surface area contributed by atoms with Gasteiger partial charge >= 0.3 is 0 Å². The van der Waals surface area contributed by atoms with Gasteiger partial charge in [-0.15, -0.1) is 0 Å². The Labute approximate surface area is 151 Å². The van der Waals surface area contributed by atoms with Crippen molar-refractivity contribution in [2.45, 2.75) is 26.1 Å². The molecule has 1 aliphatic rings. The van der Waals surface area contributed by atoms with E-state index in [4.69, 9.17) is 0 Å². The van der Waals surface area contributed by atoms with Gasteiger partial charge in [0.2, 0.25) is 5.78 Å². The number of fused-ring (bicyclic) bond motifs is 1. The number of hydrogen-bond donors (Lipinski definition) is 0. The average molecular weight is 346 g/mol. The molecule has 0 N–H and O–H groups in total. The normalized spacial score (nSPS) is 16.4. The van der Waals surface area contributed by atoms with E-state index in [1.165, 1.54) is 0 Å². The molecule has 0 fully saturated rings. The van der Waals surface area contributed by atoms with Crippen LogP contribution in [0.2, 0.25) is 0 Å². The maximum Gasteiger partial charge on any atom is 0.216 e. The van der Waals surface area contributed by atoms with Gasteiger partial charge < -0.3 is 0 Å². The first kappa shape index (κ1) is 16.4. The van der Waals surface area contributed by atoms with Gasteiger partial charge in [0.15, 0.2) is 12.1 Å². The maximum atomic E-state index is 12.2. The number of benzene rings is 1. The minimum Gasteiger partial charge on any atom is -0.295 e. The van der Waals surface area contributed by atoms with Crippen LogP contribution in [0.4, 0.5) is 0 Å². The summed E-state index contributed by atoms with van der Waals surface area (Å²) < 4.78 is 1.73. The molecular formula is C20H18N4O2. The van der Waals surface area contributed by atoms with Gasteiger partial charge in [-0.2, -0.15) is 5.10 Å². The zero-order chi connectivity index (χ0) is 18.1. The van der Waals surface area contributed by atoms with Gasteiger partial charge in [-0.3, -0.25) is 14.5 Å². The van der Waals surface area contributed by atoms with Crippen molar-refractivity contribution in [2.75, 3.05) is 0 Å². The molecule has 3 heterocycles. The Bertz CT molecular complexity index is 966. The van der Waals surface area contributed by atoms with Crippen LogP contribution < -0.4 is 0 Å². The second-order valence-corrected chi connectivity index (χ2v) is 6.46. The lowest BCUT2D eigenvalue weighted by molar-refractivity contribution is -0.133. The lowest BCUT2D eigenvalue weighted by Crippen LogP contribution is -2.28. The molecule has 26 heavy (non-hydrogen) atoms. The quantitative estimate of drug-likeness (QED) is 0.524. The summed E-state index contributed by atoms with van der Waals surface area (Å²) in [6, 6.07) is 11.2. The molecule has 6 nitrogen and oxygen atoms in total. The fraction of sp³-hybridized carbons (Fsp3) is 0.200. The SMILES string of the molecule is Cc1cc(CN2Cc3ccccc3C2C(=O)C=O)cnc1-n1cccn1. The van der Waals surface area contributed by atoms with Crippen LogP contribution in [0.3, 0.4) is 0 Å². The van der Waals surface area contributed by atoms with Crippen molar-refractivity contribution in [1.82, 2.24) is 19.7 Å². The van der Waals surface area contributed by atoms with Crippen molar-refractivity contribution in [2.24, 2.45) is 0 Å². The second kappa shape index (κ2) is 6.65. The average Bonchev–Trinajstić information content (AvgIpc) is 3.28. The summed E-state index contributed by atoms with van der Waals surface area (Å²) in [4.78, 5) is 29.9. The zero-order valence-electron chi connectivity index (χ0n) is 14.4. The molecule has 1 aromatic carbocycles. The van der Waals surface area contributed by atoms with E-state index in [9.17, 15) is 9.59 Å². The Morgan fingerprint density at radius 1 is 1.31 bits per heavy atom. The van der Waals surface area contributed by atoms with Gasteiger partial charge in [0, 0.05) is 31.7 Å². The molecule has 0 amide bonds. The molecule has 2 aromatic heterocycles. The van der Waals surface area contributed by atoms with Crippen molar-refractivity contribution in [3.05, 3.63) is 77.2 Å². The van der Waals surface area contributed by atoms with Gasteiger partial charge in [-0.1, -0.05) is 24.3 Å². The molecule has 0 spiro atoms. The molecule has 1 aliphatic heterocycles. The molecular weight excluding hydrogens is 328 g/mol. The van der Waals surface area contributed by atoms with Crippen molar-refractivity contribution in [1.29, 1.82) is 0 Å². The smallest absolute Gasteiger partial charge is 0.216 e. The van der Waals surface area contributed by atoms with Crippen LogP contribution in [-0.2, 0) is 22.7 Å². The van der Waals surface area contributed by atoms with Gasteiger partial charge in [-0.25, -0.2) is 9.67 Å². The molecule has 1 atom stereocenters. The number of hydrogen-bond acceptors (Lipinski definition) is 5. The molecule has 0 aliphatic carbocycles. The third kappa shape index (κ3) is 2.84. The summed E-state index contributed by atoms with van der Waals surface area (Å²) in [5.41, 5.74) is 4.00. The minimum absolute atomic E-state index is 0.409. The molecule has 130 valence electrons. The van der Waals surface area contributed by atoms with E-state index in [0.29, 0.717) is 19.4 Å². The van der Waals surface area contributed by atoms with Crippen LogP contribution >= 0.6 is 0 Å². The highest BCUT2D eigenvalue weighted by molar-refractivity contribution is 6.27. The van der Waals surface area contributed by atoms with Gasteiger partial charge in [0.25, 0.3) is 0 Å². The van der Waals surface area contributed by atoms with E-state index >= 15 is 0 Å². The van der Waals surface area contributed by atoms with Gasteiger partial charge in [-0.05, 0) is 41.3 Å². The highest BCUT2D eigenvalue weighted by Gasteiger charge is 2.34. The Hall–Kier alpha value is -3.12. The van der Waals surface area contributed by atoms with Crippen LogP contribution in [0.5, 0.6) is 0 Å². The van der Waals surface area contributed by atoms with Crippen LogP contribution in [-0.4, -0.2) is 31.7 Å². The number of pyridine rings is 1. The first-order valence-electron chi connectivity index (χ1n) is 8.44. The maximum absolute atomic E-state index is 12.2. The highest BCUT2D eigenvalue weighted by Crippen LogP contribution is 2.35. The number of ketones is 1. The minimum atomic E-state index is -0.519. The van der Waals surface area contributed by atoms with E-state index in [2.05, 4.69) is 16.1 Å². The van der Waals surface area contributed by atoms with Gasteiger partial charge in [0.1, 0.15) is 6.04 Å². The Balaban J connectivity index is 1.62. The summed E-state index contributed by atoms with van der Waals surface area (Å²) in [5.74, 6) is 0.372. The predicted molar refractivity (Wildman–Crippen MR) is 95.6 cm³/mol. The van der Waals surface area contributed by atoms with Crippen molar-refractivity contribution >= 4 is 12.1 Å². The van der Waals surface area contributed by atoms with Crippen molar-refractivity contribution < 1.29 is 9.59 Å². The number of aromatic nitrogens is 3. The molecule has 3 aromatic rings. The Morgan fingerprint density at radius 2 is 2.15 bits per heavy atom. The summed E-state index contributed by atoms with van der Waals surface area (Å²) >= 11 is 0. The van der Waals surface area contributed by atoms with Crippen LogP contribution in [0.1, 0.15) is 28.3 Å². The predicted octanol–water partition coefficient (Wildman–Crippen LogP) is 2.40. The number of aldehydes is 1. The highest BCUT2D eigenvalue weighted by atomic mass is 16.2. The monoisotopic (exact) mass is 346 g/mol. The standard InChI is InChI=1S/C20H18N4O2/c1-14-9-15(10-21-20(14)24-8-4-7-22-24)11-23-12-16-5-2-3-6-17(16)19(23)18(26)13-25/h2-10,13,19H,11-12H2,1H3. The summed E-state index contributed by atoms with van der Waals surface area (Å²) in [6.07, 6.45) is 5.79. The fourth-order valence-electron chi connectivity index (χ4n) is 3.58. The van der Waals surface area contributed by atoms with Crippen molar-refractivity contribution in [3.8, 4) is 5.82 Å². The summed E-state index contributed by atoms with van der Waals surface area (Å²) in [5, 5.41) is 4.21. The molecule has 6 heteroatoms. The second-order valence-electron chi connectivity index (χ2n) is 6.46. The Morgan fingerprint density at radius 3 is 2.88 bits per heavy atom. The fourth-order valence-corrected chi connectivity index (χ4v) is 3.58. The number of aryl methyl sites for hydroxylation is 1. The first-order chi connectivity index (χ1) is 12.7. The topological polar surface area (TPSA) is 68.1 Å². The van der Waals surface area contributed by atoms with Gasteiger partial charge in [0.05, 0.1) is 0 Å². The van der Waals surface area contributed by atoms with E-state index in [1.807, 2.05) is 48.4 Å². The third-order valence-corrected chi connectivity index (χ3v) is 4.69.